The van der Waals surface area contributed by atoms with Gasteiger partial charge in [-0.15, -0.1) is 0 Å². The maximum Gasteiger partial charge on any atom is 0.277 e. The van der Waals surface area contributed by atoms with Gasteiger partial charge in [0.2, 0.25) is 6.41 Å². The van der Waals surface area contributed by atoms with E-state index in [9.17, 15) is 8.78 Å². The molecule has 0 aromatic heterocycles. The van der Waals surface area contributed by atoms with Crippen molar-refractivity contribution in [3.05, 3.63) is 53.8 Å². The van der Waals surface area contributed by atoms with E-state index in [1.165, 1.54) is 11.0 Å². The number of nitrogens with zero attached hydrogens (tertiary/aromatic N) is 1. The summed E-state index contributed by atoms with van der Waals surface area (Å²) in [4.78, 5) is 10.1. The fraction of sp³-hybridized carbons (Fsp3) is 0.316. The van der Waals surface area contributed by atoms with Crippen molar-refractivity contribution in [2.75, 3.05) is 19.3 Å². The SMILES string of the molecule is CN1CC(F)(F)C(NSO)C1Cc1cc(N)cc(-c2ccccc2)c1F.NC=O. The molecule has 0 radical (unpaired) electrons. The minimum atomic E-state index is -3.03. The molecule has 0 spiro atoms. The predicted octanol–water partition coefficient (Wildman–Crippen LogP) is 2.75. The molecule has 2 aromatic rings. The number of primary amides is 1. The first-order valence-corrected chi connectivity index (χ1v) is 9.45. The molecule has 1 fully saturated rings. The number of rotatable bonds is 5. The third-order valence-corrected chi connectivity index (χ3v) is 5.09. The van der Waals surface area contributed by atoms with Gasteiger partial charge in [-0.25, -0.2) is 17.9 Å². The van der Waals surface area contributed by atoms with Crippen molar-refractivity contribution < 1.29 is 22.5 Å². The van der Waals surface area contributed by atoms with E-state index in [2.05, 4.69) is 10.5 Å². The third-order valence-electron chi connectivity index (χ3n) is 4.73. The highest BCUT2D eigenvalue weighted by Crippen LogP contribution is 2.36. The molecule has 1 amide bonds. The molecule has 1 aliphatic rings. The molecule has 1 aliphatic heterocycles. The molecule has 3 rings (SSSR count). The van der Waals surface area contributed by atoms with Crippen molar-refractivity contribution >= 4 is 24.3 Å². The monoisotopic (exact) mass is 428 g/mol. The van der Waals surface area contributed by atoms with Crippen LogP contribution in [0.15, 0.2) is 42.5 Å². The lowest BCUT2D eigenvalue weighted by atomic mass is 9.94. The average Bonchev–Trinajstić information content (AvgIpc) is 2.88. The summed E-state index contributed by atoms with van der Waals surface area (Å²) in [5.41, 5.74) is 11.8. The lowest BCUT2D eigenvalue weighted by Gasteiger charge is -2.26. The van der Waals surface area contributed by atoms with Crippen molar-refractivity contribution in [3.8, 4) is 11.1 Å². The first-order valence-electron chi connectivity index (χ1n) is 8.67. The Labute approximate surface area is 171 Å². The second-order valence-corrected chi connectivity index (χ2v) is 7.10. The van der Waals surface area contributed by atoms with Gasteiger partial charge in [0.25, 0.3) is 5.92 Å². The van der Waals surface area contributed by atoms with Gasteiger partial charge >= 0.3 is 0 Å². The fourth-order valence-corrected chi connectivity index (χ4v) is 3.93. The predicted molar refractivity (Wildman–Crippen MR) is 109 cm³/mol. The Morgan fingerprint density at radius 2 is 1.97 bits per heavy atom. The van der Waals surface area contributed by atoms with E-state index in [1.807, 2.05) is 6.07 Å². The Balaban J connectivity index is 0.000000941. The van der Waals surface area contributed by atoms with Crippen LogP contribution in [0.3, 0.4) is 0 Å². The van der Waals surface area contributed by atoms with Gasteiger partial charge in [0.15, 0.2) is 0 Å². The molecule has 158 valence electrons. The van der Waals surface area contributed by atoms with Gasteiger partial charge in [-0.2, -0.15) is 0 Å². The summed E-state index contributed by atoms with van der Waals surface area (Å²) in [5, 5.41) is 0. The zero-order chi connectivity index (χ0) is 21.6. The number of hydrogen-bond acceptors (Lipinski definition) is 6. The normalized spacial score (nSPS) is 20.7. The first-order chi connectivity index (χ1) is 13.7. The standard InChI is InChI=1S/C18H20F3N3OS.CH3NO/c1-24-10-18(20,21)17(23-26-25)15(24)8-12-7-13(22)9-14(16(12)19)11-5-3-2-4-6-11;2-1-3/h2-7,9,15,17,23,25H,8,10,22H2,1H3;1H,(H2,2,3). The van der Waals surface area contributed by atoms with E-state index in [4.69, 9.17) is 15.1 Å². The lowest BCUT2D eigenvalue weighted by Crippen LogP contribution is -2.46. The van der Waals surface area contributed by atoms with Crippen LogP contribution in [0.2, 0.25) is 0 Å². The number of likely N-dealkylation sites (tertiary alicyclic amines) is 1. The summed E-state index contributed by atoms with van der Waals surface area (Å²) in [6, 6.07) is 9.98. The quantitative estimate of drug-likeness (QED) is 0.253. The molecule has 0 saturated carbocycles. The van der Waals surface area contributed by atoms with E-state index in [0.29, 0.717) is 16.8 Å². The Morgan fingerprint density at radius 3 is 2.55 bits per heavy atom. The molecule has 2 atom stereocenters. The van der Waals surface area contributed by atoms with Crippen LogP contribution in [0, 0.1) is 5.82 Å². The fourth-order valence-electron chi connectivity index (χ4n) is 3.49. The van der Waals surface area contributed by atoms with Crippen LogP contribution in [-0.2, 0) is 11.2 Å². The summed E-state index contributed by atoms with van der Waals surface area (Å²) in [6.45, 7) is -0.467. The number of amides is 1. The van der Waals surface area contributed by atoms with Gasteiger partial charge in [0.1, 0.15) is 11.9 Å². The van der Waals surface area contributed by atoms with Gasteiger partial charge < -0.3 is 16.0 Å². The highest BCUT2D eigenvalue weighted by atomic mass is 32.2. The van der Waals surface area contributed by atoms with Crippen molar-refractivity contribution in [2.45, 2.75) is 24.4 Å². The molecule has 1 heterocycles. The number of likely N-dealkylation sites (N-methyl/N-ethyl adjacent to an activating group) is 1. The van der Waals surface area contributed by atoms with Gasteiger partial charge in [-0.1, -0.05) is 30.3 Å². The van der Waals surface area contributed by atoms with E-state index < -0.39 is 30.4 Å². The molecule has 29 heavy (non-hydrogen) atoms. The van der Waals surface area contributed by atoms with Gasteiger partial charge in [0.05, 0.1) is 18.8 Å². The number of carbonyl (C=O) groups excluding carboxylic acids is 1. The number of hydrogen-bond donors (Lipinski definition) is 4. The van der Waals surface area contributed by atoms with Crippen LogP contribution < -0.4 is 16.2 Å². The lowest BCUT2D eigenvalue weighted by molar-refractivity contribution is -0.106. The zero-order valence-electron chi connectivity index (χ0n) is 15.7. The summed E-state index contributed by atoms with van der Waals surface area (Å²) in [6.07, 6.45) is 0.293. The van der Waals surface area contributed by atoms with Crippen LogP contribution >= 0.6 is 12.2 Å². The van der Waals surface area contributed by atoms with Crippen LogP contribution in [0.25, 0.3) is 11.1 Å². The molecule has 10 heteroatoms. The van der Waals surface area contributed by atoms with Crippen LogP contribution in [0.4, 0.5) is 18.9 Å². The van der Waals surface area contributed by atoms with Crippen molar-refractivity contribution in [1.82, 2.24) is 9.62 Å². The zero-order valence-corrected chi connectivity index (χ0v) is 16.5. The summed E-state index contributed by atoms with van der Waals surface area (Å²) in [5.74, 6) is -3.50. The second-order valence-electron chi connectivity index (χ2n) is 6.68. The Bertz CT molecular complexity index is 827. The smallest absolute Gasteiger partial charge is 0.277 e. The number of benzene rings is 2. The maximum absolute atomic E-state index is 15.1. The molecule has 6 nitrogen and oxygen atoms in total. The molecule has 2 aromatic carbocycles. The van der Waals surface area contributed by atoms with Crippen LogP contribution in [0.5, 0.6) is 0 Å². The minimum absolute atomic E-state index is 0.0427. The molecule has 6 N–H and O–H groups in total. The van der Waals surface area contributed by atoms with Crippen molar-refractivity contribution in [3.63, 3.8) is 0 Å². The molecule has 0 bridgehead atoms. The van der Waals surface area contributed by atoms with Gasteiger partial charge in [-0.3, -0.25) is 9.69 Å². The number of nitrogens with two attached hydrogens (primary N) is 2. The number of anilines is 1. The summed E-state index contributed by atoms with van der Waals surface area (Å²) < 4.78 is 54.8. The average molecular weight is 428 g/mol. The second kappa shape index (κ2) is 9.97. The molecule has 2 unspecified atom stereocenters. The van der Waals surface area contributed by atoms with E-state index in [1.54, 1.807) is 37.4 Å². The summed E-state index contributed by atoms with van der Waals surface area (Å²) >= 11 is 0.150. The topological polar surface area (TPSA) is 105 Å². The molecule has 1 saturated heterocycles. The highest BCUT2D eigenvalue weighted by molar-refractivity contribution is 7.91. The summed E-state index contributed by atoms with van der Waals surface area (Å²) in [7, 11) is 1.56. The number of nitrogens with one attached hydrogen (secondary N) is 1. The Morgan fingerprint density at radius 1 is 1.34 bits per heavy atom. The molecule has 0 aliphatic carbocycles. The van der Waals surface area contributed by atoms with Crippen molar-refractivity contribution in [1.29, 1.82) is 0 Å². The maximum atomic E-state index is 15.1. The Kier molecular flexibility index (Phi) is 7.91. The minimum Gasteiger partial charge on any atom is -0.399 e. The Hall–Kier alpha value is -2.27. The highest BCUT2D eigenvalue weighted by Gasteiger charge is 2.53. The number of nitrogen functional groups attached to an aromatic ring is 1. The number of carbonyl (C=O) groups is 1. The van der Waals surface area contributed by atoms with E-state index >= 15 is 4.39 Å². The van der Waals surface area contributed by atoms with Gasteiger partial charge in [-0.05, 0) is 36.7 Å². The largest absolute Gasteiger partial charge is 0.399 e. The van der Waals surface area contributed by atoms with Crippen LogP contribution in [0.1, 0.15) is 5.56 Å². The molecular weight excluding hydrogens is 405 g/mol. The van der Waals surface area contributed by atoms with Gasteiger partial charge in [0, 0.05) is 17.3 Å². The van der Waals surface area contributed by atoms with E-state index in [0.717, 1.165) is 0 Å². The number of alkyl halides is 2. The first kappa shape index (κ1) is 23.0. The van der Waals surface area contributed by atoms with Crippen molar-refractivity contribution in [2.24, 2.45) is 5.73 Å². The number of halogens is 3. The molecular formula is C19H23F3N4O2S. The third kappa shape index (κ3) is 5.41. The van der Waals surface area contributed by atoms with E-state index in [-0.39, 0.29) is 30.6 Å². The van der Waals surface area contributed by atoms with Crippen LogP contribution in [-0.4, -0.2) is 47.5 Å².